The molecule has 0 spiro atoms. The smallest absolute Gasteiger partial charge is 0.00884 e. The molecule has 11 heavy (non-hydrogen) atoms. The molecule has 1 rings (SSSR count). The zero-order valence-electron chi connectivity index (χ0n) is 7.21. The summed E-state index contributed by atoms with van der Waals surface area (Å²) in [6.45, 7) is 3.64. The van der Waals surface area contributed by atoms with Crippen molar-refractivity contribution < 1.29 is 0 Å². The lowest BCUT2D eigenvalue weighted by Gasteiger charge is -2.31. The molecule has 0 aromatic carbocycles. The molecule has 2 nitrogen and oxygen atoms in total. The fourth-order valence-corrected chi connectivity index (χ4v) is 1.87. The Morgan fingerprint density at radius 3 is 2.55 bits per heavy atom. The molecule has 1 heterocycles. The number of piperidine rings is 1. The van der Waals surface area contributed by atoms with Crippen LogP contribution in [0.1, 0.15) is 12.8 Å². The summed E-state index contributed by atoms with van der Waals surface area (Å²) in [4.78, 5) is 2.49. The summed E-state index contributed by atoms with van der Waals surface area (Å²) in [5.41, 5.74) is 0. The zero-order chi connectivity index (χ0) is 8.10. The van der Waals surface area contributed by atoms with Crippen molar-refractivity contribution in [3.63, 3.8) is 0 Å². The Labute approximate surface area is 74.8 Å². The minimum Gasteiger partial charge on any atom is -0.317 e. The van der Waals surface area contributed by atoms with Gasteiger partial charge in [0.25, 0.3) is 0 Å². The Morgan fingerprint density at radius 1 is 1.45 bits per heavy atom. The maximum atomic E-state index is 4.22. The molecule has 0 amide bonds. The Kier molecular flexibility index (Phi) is 4.26. The van der Waals surface area contributed by atoms with Crippen LogP contribution in [0.4, 0.5) is 0 Å². The van der Waals surface area contributed by atoms with E-state index in [9.17, 15) is 0 Å². The van der Waals surface area contributed by atoms with E-state index in [4.69, 9.17) is 0 Å². The number of nitrogens with one attached hydrogen (secondary N) is 1. The van der Waals surface area contributed by atoms with E-state index >= 15 is 0 Å². The first-order chi connectivity index (χ1) is 5.36. The molecule has 0 bridgehead atoms. The number of rotatable bonds is 3. The van der Waals surface area contributed by atoms with Crippen molar-refractivity contribution >= 4 is 12.6 Å². The maximum absolute atomic E-state index is 4.22. The molecular formula is C8H18N2S. The second-order valence-electron chi connectivity index (χ2n) is 3.13. The van der Waals surface area contributed by atoms with E-state index in [1.165, 1.54) is 25.9 Å². The molecule has 3 heteroatoms. The molecule has 66 valence electrons. The standard InChI is InChI=1S/C8H18N2S/c1-9-8-2-4-10(5-3-8)6-7-11/h8-9,11H,2-7H2,1H3. The number of likely N-dealkylation sites (tertiary alicyclic amines) is 1. The summed E-state index contributed by atoms with van der Waals surface area (Å²) in [7, 11) is 2.05. The van der Waals surface area contributed by atoms with E-state index in [0.717, 1.165) is 18.3 Å². The maximum Gasteiger partial charge on any atom is 0.00884 e. The Morgan fingerprint density at radius 2 is 2.09 bits per heavy atom. The summed E-state index contributed by atoms with van der Waals surface area (Å²) in [5, 5.41) is 3.32. The summed E-state index contributed by atoms with van der Waals surface area (Å²) < 4.78 is 0. The molecule has 1 aliphatic rings. The zero-order valence-corrected chi connectivity index (χ0v) is 8.11. The molecule has 1 saturated heterocycles. The van der Waals surface area contributed by atoms with Gasteiger partial charge >= 0.3 is 0 Å². The molecule has 0 aromatic heterocycles. The van der Waals surface area contributed by atoms with Gasteiger partial charge < -0.3 is 10.2 Å². The van der Waals surface area contributed by atoms with Gasteiger partial charge in [0, 0.05) is 18.3 Å². The van der Waals surface area contributed by atoms with Crippen LogP contribution in [0.5, 0.6) is 0 Å². The van der Waals surface area contributed by atoms with Gasteiger partial charge in [0.05, 0.1) is 0 Å². The highest BCUT2D eigenvalue weighted by Gasteiger charge is 2.16. The van der Waals surface area contributed by atoms with E-state index in [1.54, 1.807) is 0 Å². The van der Waals surface area contributed by atoms with Gasteiger partial charge in [0.15, 0.2) is 0 Å². The predicted octanol–water partition coefficient (Wildman–Crippen LogP) is 0.600. The second kappa shape index (κ2) is 5.01. The van der Waals surface area contributed by atoms with Gasteiger partial charge in [-0.25, -0.2) is 0 Å². The lowest BCUT2D eigenvalue weighted by atomic mass is 10.1. The first kappa shape index (κ1) is 9.36. The summed E-state index contributed by atoms with van der Waals surface area (Å²) >= 11 is 4.22. The van der Waals surface area contributed by atoms with Crippen LogP contribution in [0.25, 0.3) is 0 Å². The van der Waals surface area contributed by atoms with Gasteiger partial charge in [-0.15, -0.1) is 0 Å². The fourth-order valence-electron chi connectivity index (χ4n) is 1.59. The van der Waals surface area contributed by atoms with E-state index in [0.29, 0.717) is 0 Å². The van der Waals surface area contributed by atoms with E-state index < -0.39 is 0 Å². The van der Waals surface area contributed by atoms with Crippen LogP contribution >= 0.6 is 12.6 Å². The Balaban J connectivity index is 2.14. The van der Waals surface area contributed by atoms with Crippen LogP contribution in [0.15, 0.2) is 0 Å². The van der Waals surface area contributed by atoms with Gasteiger partial charge in [-0.3, -0.25) is 0 Å². The van der Waals surface area contributed by atoms with Crippen molar-refractivity contribution in [2.75, 3.05) is 32.4 Å². The molecule has 0 radical (unpaired) electrons. The lowest BCUT2D eigenvalue weighted by molar-refractivity contribution is 0.212. The predicted molar refractivity (Wildman–Crippen MR) is 52.4 cm³/mol. The third-order valence-corrected chi connectivity index (χ3v) is 2.61. The summed E-state index contributed by atoms with van der Waals surface area (Å²) in [6.07, 6.45) is 2.59. The van der Waals surface area contributed by atoms with Gasteiger partial charge in [0.1, 0.15) is 0 Å². The highest BCUT2D eigenvalue weighted by molar-refractivity contribution is 7.80. The third-order valence-electron chi connectivity index (χ3n) is 2.41. The minimum atomic E-state index is 0.756. The van der Waals surface area contributed by atoms with E-state index in [1.807, 2.05) is 0 Å². The van der Waals surface area contributed by atoms with E-state index in [2.05, 4.69) is 29.9 Å². The second-order valence-corrected chi connectivity index (χ2v) is 3.58. The first-order valence-corrected chi connectivity index (χ1v) is 5.00. The van der Waals surface area contributed by atoms with Crippen molar-refractivity contribution in [3.05, 3.63) is 0 Å². The molecule has 0 aliphatic carbocycles. The highest BCUT2D eigenvalue weighted by atomic mass is 32.1. The minimum absolute atomic E-state index is 0.756. The van der Waals surface area contributed by atoms with Crippen LogP contribution < -0.4 is 5.32 Å². The summed E-state index contributed by atoms with van der Waals surface area (Å²) in [6, 6.07) is 0.756. The molecule has 1 N–H and O–H groups in total. The Hall–Kier alpha value is 0.270. The van der Waals surface area contributed by atoms with Gasteiger partial charge in [0.2, 0.25) is 0 Å². The van der Waals surface area contributed by atoms with Crippen molar-refractivity contribution in [2.24, 2.45) is 0 Å². The molecule has 0 unspecified atom stereocenters. The summed E-state index contributed by atoms with van der Waals surface area (Å²) in [5.74, 6) is 0.990. The monoisotopic (exact) mass is 174 g/mol. The SMILES string of the molecule is CNC1CCN(CCS)CC1. The molecular weight excluding hydrogens is 156 g/mol. The average Bonchev–Trinajstić information content (AvgIpc) is 2.07. The molecule has 0 saturated carbocycles. The van der Waals surface area contributed by atoms with Crippen LogP contribution in [0, 0.1) is 0 Å². The van der Waals surface area contributed by atoms with Gasteiger partial charge in [-0.2, -0.15) is 12.6 Å². The molecule has 0 atom stereocenters. The lowest BCUT2D eigenvalue weighted by Crippen LogP contribution is -2.41. The number of nitrogens with zero attached hydrogens (tertiary/aromatic N) is 1. The van der Waals surface area contributed by atoms with Crippen LogP contribution in [-0.2, 0) is 0 Å². The fraction of sp³-hybridized carbons (Fsp3) is 1.00. The number of hydrogen-bond acceptors (Lipinski definition) is 3. The van der Waals surface area contributed by atoms with Crippen LogP contribution in [0.3, 0.4) is 0 Å². The van der Waals surface area contributed by atoms with Crippen molar-refractivity contribution in [1.82, 2.24) is 10.2 Å². The highest BCUT2D eigenvalue weighted by Crippen LogP contribution is 2.08. The molecule has 0 aromatic rings. The number of hydrogen-bond donors (Lipinski definition) is 2. The van der Waals surface area contributed by atoms with Crippen LogP contribution in [-0.4, -0.2) is 43.4 Å². The first-order valence-electron chi connectivity index (χ1n) is 4.37. The van der Waals surface area contributed by atoms with E-state index in [-0.39, 0.29) is 0 Å². The van der Waals surface area contributed by atoms with Crippen molar-refractivity contribution in [1.29, 1.82) is 0 Å². The average molecular weight is 174 g/mol. The topological polar surface area (TPSA) is 15.3 Å². The Bertz CT molecular complexity index is 100. The molecule has 1 fully saturated rings. The number of thiol groups is 1. The van der Waals surface area contributed by atoms with Crippen LogP contribution in [0.2, 0.25) is 0 Å². The quantitative estimate of drug-likeness (QED) is 0.609. The molecule has 1 aliphatic heterocycles. The van der Waals surface area contributed by atoms with Gasteiger partial charge in [-0.05, 0) is 33.0 Å². The largest absolute Gasteiger partial charge is 0.317 e. The third kappa shape index (κ3) is 3.01. The normalized spacial score (nSPS) is 22.4. The van der Waals surface area contributed by atoms with Crippen molar-refractivity contribution in [2.45, 2.75) is 18.9 Å². The van der Waals surface area contributed by atoms with Crippen molar-refractivity contribution in [3.8, 4) is 0 Å². The van der Waals surface area contributed by atoms with Gasteiger partial charge in [-0.1, -0.05) is 0 Å².